The van der Waals surface area contributed by atoms with Gasteiger partial charge in [0.15, 0.2) is 11.5 Å². The van der Waals surface area contributed by atoms with Crippen molar-refractivity contribution in [3.8, 4) is 22.1 Å². The largest absolute Gasteiger partial charge is 0.493 e. The van der Waals surface area contributed by atoms with E-state index in [0.29, 0.717) is 39.7 Å². The van der Waals surface area contributed by atoms with Crippen molar-refractivity contribution in [3.05, 3.63) is 64.4 Å². The Morgan fingerprint density at radius 2 is 2.00 bits per heavy atom. The van der Waals surface area contributed by atoms with Crippen LogP contribution in [0.15, 0.2) is 42.5 Å². The number of rotatable bonds is 7. The van der Waals surface area contributed by atoms with Crippen molar-refractivity contribution in [3.63, 3.8) is 0 Å². The molecule has 0 unspecified atom stereocenters. The molecule has 5 nitrogen and oxygen atoms in total. The Labute approximate surface area is 160 Å². The van der Waals surface area contributed by atoms with Crippen molar-refractivity contribution in [1.82, 2.24) is 4.98 Å². The van der Waals surface area contributed by atoms with Gasteiger partial charge in [0.2, 0.25) is 0 Å². The Morgan fingerprint density at radius 3 is 2.63 bits per heavy atom. The second-order valence-electron chi connectivity index (χ2n) is 5.70. The number of nitrogens with zero attached hydrogens (tertiary/aromatic N) is 1. The number of benzene rings is 2. The maximum absolute atomic E-state index is 13.8. The molecule has 0 spiro atoms. The summed E-state index contributed by atoms with van der Waals surface area (Å²) >= 11 is 1.12. The molecule has 140 valence electrons. The Kier molecular flexibility index (Phi) is 5.71. The van der Waals surface area contributed by atoms with Crippen molar-refractivity contribution in [2.45, 2.75) is 20.0 Å². The highest BCUT2D eigenvalue weighted by atomic mass is 32.1. The van der Waals surface area contributed by atoms with Crippen molar-refractivity contribution in [1.29, 1.82) is 0 Å². The average molecular weight is 387 g/mol. The van der Waals surface area contributed by atoms with Gasteiger partial charge >= 0.3 is 5.97 Å². The van der Waals surface area contributed by atoms with E-state index in [2.05, 4.69) is 4.98 Å². The molecule has 0 aliphatic carbocycles. The summed E-state index contributed by atoms with van der Waals surface area (Å²) in [5.74, 6) is -0.393. The summed E-state index contributed by atoms with van der Waals surface area (Å²) in [6.07, 6.45) is 0.533. The molecule has 0 fully saturated rings. The Hall–Kier alpha value is -2.93. The first-order valence-electron chi connectivity index (χ1n) is 8.31. The lowest BCUT2D eigenvalue weighted by atomic mass is 10.2. The number of carboxylic acid groups (broad SMARTS) is 1. The zero-order chi connectivity index (χ0) is 19.4. The first kappa shape index (κ1) is 18.8. The van der Waals surface area contributed by atoms with Gasteiger partial charge in [0.1, 0.15) is 22.3 Å². The molecule has 0 aliphatic rings. The van der Waals surface area contributed by atoms with Gasteiger partial charge in [0.25, 0.3) is 0 Å². The van der Waals surface area contributed by atoms with Crippen LogP contribution in [-0.2, 0) is 13.0 Å². The molecule has 27 heavy (non-hydrogen) atoms. The number of methoxy groups -OCH3 is 1. The number of hydrogen-bond acceptors (Lipinski definition) is 5. The van der Waals surface area contributed by atoms with Crippen LogP contribution in [0.2, 0.25) is 0 Å². The number of hydrogen-bond donors (Lipinski definition) is 1. The number of aromatic carboxylic acids is 1. The molecule has 0 amide bonds. The number of ether oxygens (including phenoxy) is 2. The monoisotopic (exact) mass is 387 g/mol. The van der Waals surface area contributed by atoms with Crippen LogP contribution in [0.5, 0.6) is 11.5 Å². The summed E-state index contributed by atoms with van der Waals surface area (Å²) in [5.41, 5.74) is 1.69. The van der Waals surface area contributed by atoms with E-state index in [1.807, 2.05) is 6.92 Å². The van der Waals surface area contributed by atoms with Crippen molar-refractivity contribution >= 4 is 17.3 Å². The third-order valence-corrected chi connectivity index (χ3v) is 5.11. The van der Waals surface area contributed by atoms with Gasteiger partial charge in [-0.25, -0.2) is 14.2 Å². The van der Waals surface area contributed by atoms with E-state index < -0.39 is 5.97 Å². The van der Waals surface area contributed by atoms with E-state index in [-0.39, 0.29) is 17.3 Å². The van der Waals surface area contributed by atoms with Crippen LogP contribution in [-0.4, -0.2) is 23.2 Å². The molecule has 0 bridgehead atoms. The molecule has 3 rings (SSSR count). The van der Waals surface area contributed by atoms with Crippen LogP contribution >= 0.6 is 11.3 Å². The minimum atomic E-state index is -0.986. The van der Waals surface area contributed by atoms with Gasteiger partial charge in [-0.15, -0.1) is 11.3 Å². The standard InChI is InChI=1S/C20H18FNO4S/c1-3-15-18(20(23)24)27-19(22-15)12-8-9-16(25-2)17(10-12)26-11-13-6-4-5-7-14(13)21/h4-10H,3,11H2,1-2H3,(H,23,24). The second-order valence-corrected chi connectivity index (χ2v) is 6.70. The molecule has 1 aromatic heterocycles. The quantitative estimate of drug-likeness (QED) is 0.631. The third-order valence-electron chi connectivity index (χ3n) is 3.98. The zero-order valence-corrected chi connectivity index (χ0v) is 15.7. The molecular weight excluding hydrogens is 369 g/mol. The van der Waals surface area contributed by atoms with Crippen molar-refractivity contribution in [2.75, 3.05) is 7.11 Å². The van der Waals surface area contributed by atoms with Crippen LogP contribution in [0.1, 0.15) is 27.9 Å². The van der Waals surface area contributed by atoms with E-state index in [9.17, 15) is 14.3 Å². The van der Waals surface area contributed by atoms with E-state index in [0.717, 1.165) is 11.3 Å². The Balaban J connectivity index is 1.92. The number of aryl methyl sites for hydroxylation is 1. The number of carboxylic acids is 1. The molecule has 0 radical (unpaired) electrons. The molecule has 1 N–H and O–H groups in total. The predicted octanol–water partition coefficient (Wildman–Crippen LogP) is 4.80. The highest BCUT2D eigenvalue weighted by Crippen LogP contribution is 2.36. The van der Waals surface area contributed by atoms with Gasteiger partial charge < -0.3 is 14.6 Å². The third kappa shape index (κ3) is 4.09. The molecule has 1 heterocycles. The molecule has 0 saturated carbocycles. The van der Waals surface area contributed by atoms with E-state index >= 15 is 0 Å². The lowest BCUT2D eigenvalue weighted by Gasteiger charge is -2.12. The predicted molar refractivity (Wildman–Crippen MR) is 101 cm³/mol. The van der Waals surface area contributed by atoms with Crippen LogP contribution in [0.4, 0.5) is 4.39 Å². The topological polar surface area (TPSA) is 68.7 Å². The fourth-order valence-electron chi connectivity index (χ4n) is 2.58. The number of thiazole rings is 1. The summed E-state index contributed by atoms with van der Waals surface area (Å²) in [6, 6.07) is 11.6. The molecule has 0 aliphatic heterocycles. The van der Waals surface area contributed by atoms with Gasteiger partial charge in [-0.2, -0.15) is 0 Å². The molecule has 2 aromatic carbocycles. The minimum absolute atomic E-state index is 0.0466. The number of aromatic nitrogens is 1. The fourth-order valence-corrected chi connectivity index (χ4v) is 3.56. The lowest BCUT2D eigenvalue weighted by molar-refractivity contribution is 0.0701. The summed E-state index contributed by atoms with van der Waals surface area (Å²) in [6.45, 7) is 1.91. The highest BCUT2D eigenvalue weighted by molar-refractivity contribution is 7.17. The van der Waals surface area contributed by atoms with E-state index in [1.54, 1.807) is 36.4 Å². The SMILES string of the molecule is CCc1nc(-c2ccc(OC)c(OCc3ccccc3F)c2)sc1C(=O)O. The normalized spacial score (nSPS) is 10.6. The van der Waals surface area contributed by atoms with Gasteiger partial charge in [0.05, 0.1) is 12.8 Å². The maximum Gasteiger partial charge on any atom is 0.347 e. The molecule has 7 heteroatoms. The lowest BCUT2D eigenvalue weighted by Crippen LogP contribution is -2.00. The molecule has 0 saturated heterocycles. The van der Waals surface area contributed by atoms with Gasteiger partial charge in [-0.05, 0) is 30.7 Å². The first-order valence-corrected chi connectivity index (χ1v) is 9.12. The van der Waals surface area contributed by atoms with Gasteiger partial charge in [0, 0.05) is 11.1 Å². The molecule has 0 atom stereocenters. The number of halogens is 1. The van der Waals surface area contributed by atoms with Crippen molar-refractivity contribution in [2.24, 2.45) is 0 Å². The van der Waals surface area contributed by atoms with E-state index in [4.69, 9.17) is 9.47 Å². The molecule has 3 aromatic rings. The van der Waals surface area contributed by atoms with Crippen LogP contribution < -0.4 is 9.47 Å². The van der Waals surface area contributed by atoms with Gasteiger partial charge in [-0.3, -0.25) is 0 Å². The smallest absolute Gasteiger partial charge is 0.347 e. The Morgan fingerprint density at radius 1 is 1.22 bits per heavy atom. The number of carbonyl (C=O) groups is 1. The van der Waals surface area contributed by atoms with Crippen molar-refractivity contribution < 1.29 is 23.8 Å². The zero-order valence-electron chi connectivity index (χ0n) is 14.9. The van der Waals surface area contributed by atoms with Crippen LogP contribution in [0.3, 0.4) is 0 Å². The summed E-state index contributed by atoms with van der Waals surface area (Å²) < 4.78 is 24.9. The van der Waals surface area contributed by atoms with E-state index in [1.165, 1.54) is 13.2 Å². The maximum atomic E-state index is 13.8. The Bertz CT molecular complexity index is 970. The van der Waals surface area contributed by atoms with Crippen LogP contribution in [0, 0.1) is 5.82 Å². The van der Waals surface area contributed by atoms with Crippen LogP contribution in [0.25, 0.3) is 10.6 Å². The van der Waals surface area contributed by atoms with Gasteiger partial charge in [-0.1, -0.05) is 25.1 Å². The average Bonchev–Trinajstić information content (AvgIpc) is 3.12. The summed E-state index contributed by atoms with van der Waals surface area (Å²) in [7, 11) is 1.52. The fraction of sp³-hybridized carbons (Fsp3) is 0.200. The summed E-state index contributed by atoms with van der Waals surface area (Å²) in [4.78, 5) is 16.0. The first-order chi connectivity index (χ1) is 13.0. The molecular formula is C20H18FNO4S. The highest BCUT2D eigenvalue weighted by Gasteiger charge is 2.18. The second kappa shape index (κ2) is 8.18. The summed E-state index contributed by atoms with van der Waals surface area (Å²) in [5, 5.41) is 9.91. The minimum Gasteiger partial charge on any atom is -0.493 e.